The van der Waals surface area contributed by atoms with E-state index in [0.29, 0.717) is 46.8 Å². The Kier molecular flexibility index (Phi) is 6.48. The highest BCUT2D eigenvalue weighted by atomic mass is 19.4. The maximum atomic E-state index is 13.1. The van der Waals surface area contributed by atoms with Gasteiger partial charge in [0.1, 0.15) is 24.0 Å². The number of allylic oxidation sites excluding steroid dienone is 3. The molecule has 0 saturated carbocycles. The highest BCUT2D eigenvalue weighted by Crippen LogP contribution is 2.48. The van der Waals surface area contributed by atoms with Gasteiger partial charge in [0.15, 0.2) is 17.3 Å². The summed E-state index contributed by atoms with van der Waals surface area (Å²) in [5.41, 5.74) is 6.46. The fourth-order valence-corrected chi connectivity index (χ4v) is 4.60. The van der Waals surface area contributed by atoms with E-state index >= 15 is 0 Å². The van der Waals surface area contributed by atoms with Gasteiger partial charge in [-0.1, -0.05) is 32.0 Å². The number of ketones is 1. The van der Waals surface area contributed by atoms with Crippen LogP contribution in [0.4, 0.5) is 13.2 Å². The maximum Gasteiger partial charge on any atom is 0.416 e. The molecule has 2 aromatic rings. The molecule has 1 aliphatic heterocycles. The number of nitrogens with two attached hydrogens (primary N) is 1. The lowest BCUT2D eigenvalue weighted by Crippen LogP contribution is -2.33. The van der Waals surface area contributed by atoms with Crippen LogP contribution in [0.2, 0.25) is 0 Å². The number of hydrogen-bond acceptors (Lipinski definition) is 6. The zero-order valence-corrected chi connectivity index (χ0v) is 20.0. The first-order valence-electron chi connectivity index (χ1n) is 11.2. The zero-order valence-electron chi connectivity index (χ0n) is 20.0. The number of alkyl halides is 3. The van der Waals surface area contributed by atoms with E-state index in [1.165, 1.54) is 19.2 Å². The molecular weight excluding hydrogens is 473 g/mol. The number of nitrogens with zero attached hydrogens (tertiary/aromatic N) is 1. The van der Waals surface area contributed by atoms with Gasteiger partial charge in [-0.15, -0.1) is 0 Å². The molecule has 2 N–H and O–H groups in total. The van der Waals surface area contributed by atoms with Crippen molar-refractivity contribution >= 4 is 5.78 Å². The largest absolute Gasteiger partial charge is 0.493 e. The summed E-state index contributed by atoms with van der Waals surface area (Å²) in [4.78, 5) is 13.1. The van der Waals surface area contributed by atoms with Crippen LogP contribution in [0.1, 0.15) is 49.3 Å². The van der Waals surface area contributed by atoms with Gasteiger partial charge in [-0.2, -0.15) is 18.4 Å². The lowest BCUT2D eigenvalue weighted by atomic mass is 9.70. The molecule has 0 unspecified atom stereocenters. The second-order valence-corrected chi connectivity index (χ2v) is 9.60. The number of Topliss-reactive ketones (excluding diaryl/α,β-unsaturated/α-hetero) is 1. The number of halogens is 3. The van der Waals surface area contributed by atoms with Crippen molar-refractivity contribution in [3.63, 3.8) is 0 Å². The normalized spacial score (nSPS) is 19.4. The number of methoxy groups -OCH3 is 1. The first-order valence-corrected chi connectivity index (χ1v) is 11.2. The van der Waals surface area contributed by atoms with Crippen LogP contribution in [0.5, 0.6) is 11.5 Å². The summed E-state index contributed by atoms with van der Waals surface area (Å²) in [6.07, 6.45) is -3.65. The second kappa shape index (κ2) is 9.26. The van der Waals surface area contributed by atoms with Gasteiger partial charge in [0, 0.05) is 18.4 Å². The third-order valence-corrected chi connectivity index (χ3v) is 6.25. The maximum absolute atomic E-state index is 13.1. The van der Waals surface area contributed by atoms with Gasteiger partial charge in [-0.05, 0) is 40.8 Å². The SMILES string of the molecule is COc1cc([C@@H]2C(C#N)=C(N)OC3=C2C(=O)CC(C)(C)C3)ccc1OCc1cccc(C(F)(F)F)c1. The molecule has 9 heteroatoms. The average Bonchev–Trinajstić information content (AvgIpc) is 2.80. The molecule has 1 heterocycles. The standard InChI is InChI=1S/C27H25F3N2O4/c1-26(2)11-19(33)24-22(12-26)36-25(32)18(13-31)23(24)16-7-8-20(21(10-16)34-3)35-14-15-5-4-6-17(9-15)27(28,29)30/h4-10,23H,11-12,14,32H2,1-3H3/t23-/m1/s1. The molecule has 1 aliphatic carbocycles. The Morgan fingerprint density at radius 3 is 2.58 bits per heavy atom. The van der Waals surface area contributed by atoms with Crippen molar-refractivity contribution in [2.45, 2.75) is 45.4 Å². The lowest BCUT2D eigenvalue weighted by molar-refractivity contribution is -0.137. The number of carbonyl (C=O) groups excluding carboxylic acids is 1. The van der Waals surface area contributed by atoms with Crippen LogP contribution in [0, 0.1) is 16.7 Å². The van der Waals surface area contributed by atoms with E-state index < -0.39 is 17.7 Å². The second-order valence-electron chi connectivity index (χ2n) is 9.60. The van der Waals surface area contributed by atoms with Crippen molar-refractivity contribution in [3.8, 4) is 17.6 Å². The summed E-state index contributed by atoms with van der Waals surface area (Å²) >= 11 is 0. The van der Waals surface area contributed by atoms with Gasteiger partial charge >= 0.3 is 6.18 Å². The summed E-state index contributed by atoms with van der Waals surface area (Å²) < 4.78 is 56.0. The van der Waals surface area contributed by atoms with Gasteiger partial charge in [0.05, 0.1) is 18.6 Å². The Hall–Kier alpha value is -3.93. The number of nitriles is 1. The minimum absolute atomic E-state index is 0.0458. The fourth-order valence-electron chi connectivity index (χ4n) is 4.60. The number of carbonyl (C=O) groups is 1. The molecule has 0 radical (unpaired) electrons. The Balaban J connectivity index is 1.66. The number of ether oxygens (including phenoxy) is 3. The van der Waals surface area contributed by atoms with Gasteiger partial charge in [0.2, 0.25) is 5.88 Å². The lowest BCUT2D eigenvalue weighted by Gasteiger charge is -2.37. The van der Waals surface area contributed by atoms with Gasteiger partial charge in [0.25, 0.3) is 0 Å². The molecule has 188 valence electrons. The van der Waals surface area contributed by atoms with Crippen molar-refractivity contribution in [1.82, 2.24) is 0 Å². The van der Waals surface area contributed by atoms with Crippen molar-refractivity contribution < 1.29 is 32.2 Å². The summed E-state index contributed by atoms with van der Waals surface area (Å²) in [6, 6.07) is 11.9. The fraction of sp³-hybridized carbons (Fsp3) is 0.333. The summed E-state index contributed by atoms with van der Waals surface area (Å²) in [5, 5.41) is 9.81. The molecule has 0 amide bonds. The van der Waals surface area contributed by atoms with E-state index in [2.05, 4.69) is 6.07 Å². The number of rotatable bonds is 5. The van der Waals surface area contributed by atoms with E-state index in [1.54, 1.807) is 18.2 Å². The predicted molar refractivity (Wildman–Crippen MR) is 124 cm³/mol. The van der Waals surface area contributed by atoms with Crippen molar-refractivity contribution in [2.24, 2.45) is 11.1 Å². The van der Waals surface area contributed by atoms with Crippen LogP contribution in [0.3, 0.4) is 0 Å². The molecule has 36 heavy (non-hydrogen) atoms. The van der Waals surface area contributed by atoms with Crippen LogP contribution in [0.15, 0.2) is 65.3 Å². The Labute approximate surface area is 206 Å². The van der Waals surface area contributed by atoms with Gasteiger partial charge in [-0.3, -0.25) is 4.79 Å². The van der Waals surface area contributed by atoms with E-state index in [-0.39, 0.29) is 29.3 Å². The third kappa shape index (κ3) is 4.89. The first kappa shape index (κ1) is 25.2. The zero-order chi connectivity index (χ0) is 26.3. The van der Waals surface area contributed by atoms with Crippen molar-refractivity contribution in [2.75, 3.05) is 7.11 Å². The quantitative estimate of drug-likeness (QED) is 0.565. The van der Waals surface area contributed by atoms with E-state index in [4.69, 9.17) is 19.9 Å². The monoisotopic (exact) mass is 498 g/mol. The Morgan fingerprint density at radius 1 is 1.17 bits per heavy atom. The van der Waals surface area contributed by atoms with Gasteiger partial charge < -0.3 is 19.9 Å². The highest BCUT2D eigenvalue weighted by molar-refractivity contribution is 6.00. The average molecular weight is 499 g/mol. The minimum Gasteiger partial charge on any atom is -0.493 e. The van der Waals surface area contributed by atoms with Crippen LogP contribution in [0.25, 0.3) is 0 Å². The van der Waals surface area contributed by atoms with Gasteiger partial charge in [-0.25, -0.2) is 0 Å². The van der Waals surface area contributed by atoms with Crippen LogP contribution >= 0.6 is 0 Å². The summed E-state index contributed by atoms with van der Waals surface area (Å²) in [6.45, 7) is 3.81. The number of hydrogen-bond donors (Lipinski definition) is 1. The minimum atomic E-state index is -4.45. The highest BCUT2D eigenvalue weighted by Gasteiger charge is 2.43. The Morgan fingerprint density at radius 2 is 1.92 bits per heavy atom. The Bertz CT molecular complexity index is 1320. The number of benzene rings is 2. The van der Waals surface area contributed by atoms with Crippen molar-refractivity contribution in [1.29, 1.82) is 5.26 Å². The molecule has 2 aromatic carbocycles. The molecule has 1 atom stereocenters. The molecule has 2 aliphatic rings. The van der Waals surface area contributed by atoms with E-state index in [9.17, 15) is 23.2 Å². The topological polar surface area (TPSA) is 94.6 Å². The molecule has 0 fully saturated rings. The summed E-state index contributed by atoms with van der Waals surface area (Å²) in [5.74, 6) is 0.167. The molecule has 0 saturated heterocycles. The smallest absolute Gasteiger partial charge is 0.416 e. The third-order valence-electron chi connectivity index (χ3n) is 6.25. The molecule has 0 aromatic heterocycles. The predicted octanol–water partition coefficient (Wildman–Crippen LogP) is 5.74. The molecular formula is C27H25F3N2O4. The van der Waals surface area contributed by atoms with E-state index in [0.717, 1.165) is 12.1 Å². The molecule has 0 bridgehead atoms. The van der Waals surface area contributed by atoms with E-state index in [1.807, 2.05) is 13.8 Å². The van der Waals surface area contributed by atoms with Crippen LogP contribution < -0.4 is 15.2 Å². The first-order chi connectivity index (χ1) is 16.9. The summed E-state index contributed by atoms with van der Waals surface area (Å²) in [7, 11) is 1.43. The molecule has 0 spiro atoms. The molecule has 6 nitrogen and oxygen atoms in total. The van der Waals surface area contributed by atoms with Crippen molar-refractivity contribution in [3.05, 3.63) is 81.9 Å². The van der Waals surface area contributed by atoms with Crippen LogP contribution in [-0.2, 0) is 22.3 Å². The molecule has 4 rings (SSSR count). The van der Waals surface area contributed by atoms with Crippen LogP contribution in [-0.4, -0.2) is 12.9 Å².